The summed E-state index contributed by atoms with van der Waals surface area (Å²) in [6.07, 6.45) is 1.93. The van der Waals surface area contributed by atoms with Crippen LogP contribution in [0.25, 0.3) is 11.8 Å². The highest BCUT2D eigenvalue weighted by Gasteiger charge is 2.33. The Balaban J connectivity index is 1.65. The van der Waals surface area contributed by atoms with Gasteiger partial charge in [0.25, 0.3) is 5.56 Å². The Morgan fingerprint density at radius 3 is 2.41 bits per heavy atom. The molecular formula is C32H32ClN3O4S. The summed E-state index contributed by atoms with van der Waals surface area (Å²) < 4.78 is 15.5. The zero-order valence-electron chi connectivity index (χ0n) is 23.9. The second kappa shape index (κ2) is 11.5. The fraction of sp³-hybridized carbons (Fsp3) is 0.281. The van der Waals surface area contributed by atoms with Gasteiger partial charge in [0.15, 0.2) is 4.80 Å². The number of nitrogens with zero attached hydrogens (tertiary/aromatic N) is 3. The molecule has 1 atom stereocenters. The molecule has 0 saturated carbocycles. The van der Waals surface area contributed by atoms with Crippen molar-refractivity contribution < 1.29 is 14.3 Å². The summed E-state index contributed by atoms with van der Waals surface area (Å²) in [5, 5.41) is 0.673. The highest BCUT2D eigenvalue weighted by molar-refractivity contribution is 7.07. The van der Waals surface area contributed by atoms with Crippen LogP contribution in [0.3, 0.4) is 0 Å². The maximum absolute atomic E-state index is 14.0. The van der Waals surface area contributed by atoms with Gasteiger partial charge in [0, 0.05) is 22.1 Å². The fourth-order valence-electron chi connectivity index (χ4n) is 5.17. The molecule has 5 rings (SSSR count). The summed E-state index contributed by atoms with van der Waals surface area (Å²) >= 11 is 7.41. The summed E-state index contributed by atoms with van der Waals surface area (Å²) in [6, 6.07) is 16.5. The van der Waals surface area contributed by atoms with E-state index in [0.717, 1.165) is 28.2 Å². The monoisotopic (exact) mass is 589 g/mol. The van der Waals surface area contributed by atoms with Gasteiger partial charge in [0.2, 0.25) is 0 Å². The Morgan fingerprint density at radius 2 is 1.78 bits per heavy atom. The smallest absolute Gasteiger partial charge is 0.338 e. The SMILES string of the molecule is CCOC(=O)C1=C(C)N=c2s/c(=C\c3cc(C)n(-c4ccc(Cl)cc4)c3C)c(=O)n2[C@@H]1c1ccc(OC(C)C)cc1. The molecular weight excluding hydrogens is 558 g/mol. The number of ether oxygens (including phenoxy) is 2. The number of halogens is 1. The zero-order chi connectivity index (χ0) is 29.4. The molecule has 2 aromatic heterocycles. The Labute approximate surface area is 247 Å². The lowest BCUT2D eigenvalue weighted by atomic mass is 9.96. The number of thiazole rings is 1. The molecule has 1 aliphatic rings. The highest BCUT2D eigenvalue weighted by Crippen LogP contribution is 2.32. The van der Waals surface area contributed by atoms with Gasteiger partial charge in [0.05, 0.1) is 34.6 Å². The number of fused-ring (bicyclic) bond motifs is 1. The minimum Gasteiger partial charge on any atom is -0.491 e. The number of aromatic nitrogens is 2. The molecule has 7 nitrogen and oxygen atoms in total. The van der Waals surface area contributed by atoms with E-state index >= 15 is 0 Å². The van der Waals surface area contributed by atoms with E-state index in [4.69, 9.17) is 21.1 Å². The number of benzene rings is 2. The normalized spacial score (nSPS) is 15.2. The lowest BCUT2D eigenvalue weighted by Gasteiger charge is -2.25. The van der Waals surface area contributed by atoms with Crippen molar-refractivity contribution in [2.45, 2.75) is 53.7 Å². The Bertz CT molecular complexity index is 1830. The van der Waals surface area contributed by atoms with E-state index in [-0.39, 0.29) is 18.3 Å². The predicted octanol–water partition coefficient (Wildman–Crippen LogP) is 5.65. The molecule has 9 heteroatoms. The molecule has 2 aromatic carbocycles. The molecule has 3 heterocycles. The highest BCUT2D eigenvalue weighted by atomic mass is 35.5. The Kier molecular flexibility index (Phi) is 8.07. The minimum absolute atomic E-state index is 0.0254. The average molecular weight is 590 g/mol. The average Bonchev–Trinajstić information content (AvgIpc) is 3.38. The van der Waals surface area contributed by atoms with Crippen LogP contribution < -0.4 is 19.6 Å². The number of aryl methyl sites for hydroxylation is 1. The van der Waals surface area contributed by atoms with E-state index in [2.05, 4.69) is 15.6 Å². The Hall–Kier alpha value is -3.88. The second-order valence-electron chi connectivity index (χ2n) is 10.2. The van der Waals surface area contributed by atoms with Crippen LogP contribution in [0.5, 0.6) is 5.75 Å². The van der Waals surface area contributed by atoms with E-state index in [9.17, 15) is 9.59 Å². The maximum atomic E-state index is 14.0. The summed E-state index contributed by atoms with van der Waals surface area (Å²) in [5.41, 5.74) is 5.39. The lowest BCUT2D eigenvalue weighted by molar-refractivity contribution is -0.139. The molecule has 0 aliphatic carbocycles. The van der Waals surface area contributed by atoms with Gasteiger partial charge in [-0.05, 0) is 101 Å². The molecule has 41 heavy (non-hydrogen) atoms. The molecule has 0 spiro atoms. The van der Waals surface area contributed by atoms with E-state index in [1.807, 2.05) is 82.3 Å². The summed E-state index contributed by atoms with van der Waals surface area (Å²) in [5.74, 6) is 0.229. The first-order chi connectivity index (χ1) is 19.6. The summed E-state index contributed by atoms with van der Waals surface area (Å²) in [6.45, 7) is 11.7. The van der Waals surface area contributed by atoms with E-state index < -0.39 is 12.0 Å². The van der Waals surface area contributed by atoms with Crippen LogP contribution in [0.2, 0.25) is 5.02 Å². The van der Waals surface area contributed by atoms with Crippen LogP contribution in [0, 0.1) is 13.8 Å². The van der Waals surface area contributed by atoms with E-state index in [0.29, 0.717) is 31.4 Å². The topological polar surface area (TPSA) is 74.8 Å². The van der Waals surface area contributed by atoms with Crippen molar-refractivity contribution >= 4 is 35.0 Å². The van der Waals surface area contributed by atoms with Crippen molar-refractivity contribution in [1.29, 1.82) is 0 Å². The number of hydrogen-bond acceptors (Lipinski definition) is 6. The number of esters is 1. The van der Waals surface area contributed by atoms with Crippen LogP contribution in [0.4, 0.5) is 0 Å². The minimum atomic E-state index is -0.679. The van der Waals surface area contributed by atoms with Gasteiger partial charge in [-0.3, -0.25) is 9.36 Å². The van der Waals surface area contributed by atoms with Gasteiger partial charge in [0.1, 0.15) is 5.75 Å². The molecule has 4 aromatic rings. The third-order valence-electron chi connectivity index (χ3n) is 6.93. The third kappa shape index (κ3) is 5.54. The van der Waals surface area contributed by atoms with Crippen molar-refractivity contribution in [3.63, 3.8) is 0 Å². The largest absolute Gasteiger partial charge is 0.491 e. The number of hydrogen-bond donors (Lipinski definition) is 0. The van der Waals surface area contributed by atoms with Crippen molar-refractivity contribution in [2.75, 3.05) is 6.61 Å². The molecule has 0 amide bonds. The molecule has 0 bridgehead atoms. The van der Waals surface area contributed by atoms with Crippen molar-refractivity contribution in [1.82, 2.24) is 9.13 Å². The zero-order valence-corrected chi connectivity index (χ0v) is 25.5. The summed E-state index contributed by atoms with van der Waals surface area (Å²) in [7, 11) is 0. The van der Waals surface area contributed by atoms with E-state index in [1.54, 1.807) is 18.4 Å². The molecule has 212 valence electrons. The number of allylic oxidation sites excluding steroid dienone is 1. The van der Waals surface area contributed by atoms with Crippen molar-refractivity contribution in [3.8, 4) is 11.4 Å². The maximum Gasteiger partial charge on any atom is 0.338 e. The van der Waals surface area contributed by atoms with Gasteiger partial charge in [-0.25, -0.2) is 9.79 Å². The number of carbonyl (C=O) groups excluding carboxylic acids is 1. The third-order valence-corrected chi connectivity index (χ3v) is 8.16. The van der Waals surface area contributed by atoms with Gasteiger partial charge in [-0.2, -0.15) is 0 Å². The van der Waals surface area contributed by atoms with Crippen LogP contribution in [0.15, 0.2) is 75.7 Å². The first kappa shape index (κ1) is 28.6. The Morgan fingerprint density at radius 1 is 1.10 bits per heavy atom. The van der Waals surface area contributed by atoms with Crippen LogP contribution >= 0.6 is 22.9 Å². The van der Waals surface area contributed by atoms with Crippen LogP contribution in [-0.4, -0.2) is 27.8 Å². The second-order valence-corrected chi connectivity index (χ2v) is 11.6. The van der Waals surface area contributed by atoms with Gasteiger partial charge >= 0.3 is 5.97 Å². The van der Waals surface area contributed by atoms with Crippen LogP contribution in [-0.2, 0) is 9.53 Å². The first-order valence-corrected chi connectivity index (χ1v) is 14.7. The number of carbonyl (C=O) groups is 1. The molecule has 0 N–H and O–H groups in total. The van der Waals surface area contributed by atoms with Gasteiger partial charge in [-0.15, -0.1) is 0 Å². The van der Waals surface area contributed by atoms with E-state index in [1.165, 1.54) is 11.3 Å². The van der Waals surface area contributed by atoms with Gasteiger partial charge < -0.3 is 14.0 Å². The van der Waals surface area contributed by atoms with Crippen molar-refractivity contribution in [2.24, 2.45) is 4.99 Å². The molecule has 0 saturated heterocycles. The molecule has 0 fully saturated rings. The van der Waals surface area contributed by atoms with Crippen molar-refractivity contribution in [3.05, 3.63) is 113 Å². The lowest BCUT2D eigenvalue weighted by Crippen LogP contribution is -2.39. The summed E-state index contributed by atoms with van der Waals surface area (Å²) in [4.78, 5) is 32.4. The molecule has 1 aliphatic heterocycles. The first-order valence-electron chi connectivity index (χ1n) is 13.5. The molecule has 0 unspecified atom stereocenters. The van der Waals surface area contributed by atoms with Crippen LogP contribution in [0.1, 0.15) is 56.3 Å². The number of rotatable bonds is 7. The standard InChI is InChI=1S/C32H32ClN3O4S/c1-7-39-31(38)28-20(5)34-32-36(29(28)22-8-14-26(15-9-22)40-18(2)3)30(37)27(41-32)17-23-16-19(4)35(21(23)6)25-12-10-24(33)11-13-25/h8-18,29H,7H2,1-6H3/b27-17-/t29-/m1/s1. The fourth-order valence-corrected chi connectivity index (χ4v) is 6.33. The van der Waals surface area contributed by atoms with Gasteiger partial charge in [-0.1, -0.05) is 35.1 Å². The molecule has 0 radical (unpaired) electrons. The quantitative estimate of drug-likeness (QED) is 0.261. The predicted molar refractivity (Wildman–Crippen MR) is 163 cm³/mol.